The zero-order chi connectivity index (χ0) is 19.5. The van der Waals surface area contributed by atoms with Gasteiger partial charge in [0.2, 0.25) is 0 Å². The summed E-state index contributed by atoms with van der Waals surface area (Å²) in [6, 6.07) is 0. The molecule has 2 unspecified atom stereocenters. The molecule has 2 heteroatoms. The highest BCUT2D eigenvalue weighted by molar-refractivity contribution is 5.72. The van der Waals surface area contributed by atoms with Gasteiger partial charge in [0.1, 0.15) is 6.61 Å². The Morgan fingerprint density at radius 1 is 1.04 bits per heavy atom. The molecule has 0 radical (unpaired) electrons. The Bertz CT molecular complexity index is 395. The third-order valence-corrected chi connectivity index (χ3v) is 5.14. The number of carbonyl (C=O) groups excluding carboxylic acids is 1. The molecule has 148 valence electrons. The topological polar surface area (TPSA) is 26.3 Å². The summed E-state index contributed by atoms with van der Waals surface area (Å²) < 4.78 is 5.89. The van der Waals surface area contributed by atoms with Crippen molar-refractivity contribution < 1.29 is 9.53 Å². The minimum atomic E-state index is -0.0134. The number of ether oxygens (including phenoxy) is 1. The average molecular weight is 353 g/mol. The largest absolute Gasteiger partial charge is 0.465 e. The Kier molecular flexibility index (Phi) is 12.1. The van der Waals surface area contributed by atoms with E-state index < -0.39 is 0 Å². The smallest absolute Gasteiger partial charge is 0.308 e. The molecule has 0 bridgehead atoms. The van der Waals surface area contributed by atoms with Gasteiger partial charge >= 0.3 is 5.97 Å². The van der Waals surface area contributed by atoms with Crippen LogP contribution >= 0.6 is 0 Å². The molecule has 0 rings (SSSR count). The van der Waals surface area contributed by atoms with E-state index in [0.717, 1.165) is 38.5 Å². The van der Waals surface area contributed by atoms with Crippen LogP contribution < -0.4 is 0 Å². The van der Waals surface area contributed by atoms with Gasteiger partial charge in [0.05, 0.1) is 5.92 Å². The molecular weight excluding hydrogens is 308 g/mol. The molecule has 0 aliphatic carbocycles. The van der Waals surface area contributed by atoms with Crippen molar-refractivity contribution in [2.24, 2.45) is 23.2 Å². The maximum Gasteiger partial charge on any atom is 0.308 e. The predicted octanol–water partition coefficient (Wildman–Crippen LogP) is 7.18. The fourth-order valence-electron chi connectivity index (χ4n) is 3.76. The molecule has 0 amide bonds. The van der Waals surface area contributed by atoms with Gasteiger partial charge in [-0.1, -0.05) is 73.5 Å². The van der Waals surface area contributed by atoms with E-state index in [1.165, 1.54) is 12.0 Å². The summed E-state index contributed by atoms with van der Waals surface area (Å²) in [5, 5.41) is 0. The molecule has 25 heavy (non-hydrogen) atoms. The van der Waals surface area contributed by atoms with Gasteiger partial charge in [-0.3, -0.25) is 4.79 Å². The van der Waals surface area contributed by atoms with E-state index in [1.807, 2.05) is 0 Å². The number of hydrogen-bond donors (Lipinski definition) is 0. The zero-order valence-electron chi connectivity index (χ0n) is 18.3. The van der Waals surface area contributed by atoms with Crippen molar-refractivity contribution in [3.05, 3.63) is 11.6 Å². The maximum atomic E-state index is 12.6. The van der Waals surface area contributed by atoms with Crippen LogP contribution in [0.15, 0.2) is 11.6 Å². The lowest BCUT2D eigenvalue weighted by atomic mass is 9.76. The molecule has 0 aliphatic heterocycles. The SMILES string of the molecule is CCC/C(=C/C(CC)(COC(=O)C(CC)CC(C)C)CC(C)C)CC. The molecule has 0 saturated carbocycles. The van der Waals surface area contributed by atoms with E-state index in [-0.39, 0.29) is 17.3 Å². The Hall–Kier alpha value is -0.790. The minimum Gasteiger partial charge on any atom is -0.465 e. The van der Waals surface area contributed by atoms with E-state index in [4.69, 9.17) is 4.74 Å². The highest BCUT2D eigenvalue weighted by Gasteiger charge is 2.30. The summed E-state index contributed by atoms with van der Waals surface area (Å²) in [5.41, 5.74) is 1.50. The van der Waals surface area contributed by atoms with E-state index in [1.54, 1.807) is 0 Å². The van der Waals surface area contributed by atoms with Gasteiger partial charge in [-0.15, -0.1) is 0 Å². The Balaban J connectivity index is 5.26. The first-order chi connectivity index (χ1) is 11.7. The van der Waals surface area contributed by atoms with Crippen molar-refractivity contribution in [2.75, 3.05) is 6.61 Å². The Morgan fingerprint density at radius 3 is 2.08 bits per heavy atom. The third kappa shape index (κ3) is 9.47. The standard InChI is InChI=1S/C23H44O2/c1-9-13-20(10-2)16-23(12-4,15-19(7)8)17-25-22(24)21(11-3)14-18(5)6/h16,18-19,21H,9-15,17H2,1-8H3/b20-16+. The molecular formula is C23H44O2. The van der Waals surface area contributed by atoms with Crippen LogP contribution in [0.25, 0.3) is 0 Å². The molecule has 0 aromatic heterocycles. The molecule has 0 heterocycles. The fourth-order valence-corrected chi connectivity index (χ4v) is 3.76. The van der Waals surface area contributed by atoms with Gasteiger partial charge in [0, 0.05) is 5.41 Å². The molecule has 0 saturated heterocycles. The van der Waals surface area contributed by atoms with Crippen molar-refractivity contribution >= 4 is 5.97 Å². The lowest BCUT2D eigenvalue weighted by Gasteiger charge is -2.33. The molecule has 2 nitrogen and oxygen atoms in total. The number of allylic oxidation sites excluding steroid dienone is 1. The highest BCUT2D eigenvalue weighted by Crippen LogP contribution is 2.35. The first kappa shape index (κ1) is 24.2. The second kappa shape index (κ2) is 12.5. The van der Waals surface area contributed by atoms with Crippen molar-refractivity contribution in [3.63, 3.8) is 0 Å². The van der Waals surface area contributed by atoms with E-state index >= 15 is 0 Å². The van der Waals surface area contributed by atoms with Gasteiger partial charge < -0.3 is 4.74 Å². The van der Waals surface area contributed by atoms with Crippen LogP contribution in [0, 0.1) is 23.2 Å². The normalized spacial score (nSPS) is 16.2. The van der Waals surface area contributed by atoms with Gasteiger partial charge in [0.25, 0.3) is 0 Å². The fraction of sp³-hybridized carbons (Fsp3) is 0.870. The summed E-state index contributed by atoms with van der Waals surface area (Å²) >= 11 is 0. The summed E-state index contributed by atoms with van der Waals surface area (Å²) in [6.45, 7) is 18.2. The summed E-state index contributed by atoms with van der Waals surface area (Å²) in [4.78, 5) is 12.6. The van der Waals surface area contributed by atoms with Crippen molar-refractivity contribution in [2.45, 2.75) is 100 Å². The zero-order valence-corrected chi connectivity index (χ0v) is 18.3. The third-order valence-electron chi connectivity index (χ3n) is 5.14. The van der Waals surface area contributed by atoms with E-state index in [0.29, 0.717) is 18.4 Å². The van der Waals surface area contributed by atoms with E-state index in [2.05, 4.69) is 61.5 Å². The van der Waals surface area contributed by atoms with E-state index in [9.17, 15) is 4.79 Å². The summed E-state index contributed by atoms with van der Waals surface area (Å²) in [7, 11) is 0. The molecule has 0 aromatic carbocycles. The number of carbonyl (C=O) groups is 1. The van der Waals surface area contributed by atoms with Crippen LogP contribution in [-0.2, 0) is 9.53 Å². The maximum absolute atomic E-state index is 12.6. The second-order valence-corrected chi connectivity index (χ2v) is 8.56. The van der Waals surface area contributed by atoms with Crippen molar-refractivity contribution in [3.8, 4) is 0 Å². The Morgan fingerprint density at radius 2 is 1.68 bits per heavy atom. The van der Waals surface area contributed by atoms with Gasteiger partial charge in [-0.2, -0.15) is 0 Å². The average Bonchev–Trinajstić information content (AvgIpc) is 2.56. The first-order valence-electron chi connectivity index (χ1n) is 10.6. The summed E-state index contributed by atoms with van der Waals surface area (Å²) in [5.74, 6) is 1.16. The van der Waals surface area contributed by atoms with Crippen LogP contribution in [-0.4, -0.2) is 12.6 Å². The number of rotatable bonds is 13. The summed E-state index contributed by atoms with van der Waals surface area (Å²) in [6.07, 6.45) is 9.75. The molecule has 0 fully saturated rings. The van der Waals surface area contributed by atoms with Crippen LogP contribution in [0.5, 0.6) is 0 Å². The molecule has 0 aliphatic rings. The minimum absolute atomic E-state index is 0.000258. The first-order valence-corrected chi connectivity index (χ1v) is 10.6. The lowest BCUT2D eigenvalue weighted by Crippen LogP contribution is -2.30. The number of hydrogen-bond acceptors (Lipinski definition) is 2. The monoisotopic (exact) mass is 352 g/mol. The number of esters is 1. The van der Waals surface area contributed by atoms with Gasteiger partial charge in [-0.05, 0) is 50.4 Å². The second-order valence-electron chi connectivity index (χ2n) is 8.56. The predicted molar refractivity (Wildman–Crippen MR) is 110 cm³/mol. The van der Waals surface area contributed by atoms with Crippen molar-refractivity contribution in [1.82, 2.24) is 0 Å². The molecule has 0 spiro atoms. The van der Waals surface area contributed by atoms with Crippen LogP contribution in [0.3, 0.4) is 0 Å². The van der Waals surface area contributed by atoms with Crippen LogP contribution in [0.2, 0.25) is 0 Å². The highest BCUT2D eigenvalue weighted by atomic mass is 16.5. The van der Waals surface area contributed by atoms with Crippen molar-refractivity contribution in [1.29, 1.82) is 0 Å². The van der Waals surface area contributed by atoms with Crippen LogP contribution in [0.1, 0.15) is 100 Å². The van der Waals surface area contributed by atoms with Gasteiger partial charge in [-0.25, -0.2) is 0 Å². The van der Waals surface area contributed by atoms with Gasteiger partial charge in [0.15, 0.2) is 0 Å². The van der Waals surface area contributed by atoms with Crippen LogP contribution in [0.4, 0.5) is 0 Å². The quantitative estimate of drug-likeness (QED) is 0.259. The Labute approximate surface area is 157 Å². The lowest BCUT2D eigenvalue weighted by molar-refractivity contribution is -0.152. The molecule has 0 aromatic rings. The molecule has 2 atom stereocenters. The molecule has 0 N–H and O–H groups in total.